The van der Waals surface area contributed by atoms with Gasteiger partial charge in [-0.2, -0.15) is 0 Å². The summed E-state index contributed by atoms with van der Waals surface area (Å²) in [5.74, 6) is -1.81. The molecule has 3 aromatic rings. The normalized spacial score (nSPS) is 10.3. The van der Waals surface area contributed by atoms with E-state index in [4.69, 9.17) is 27.9 Å². The third-order valence-corrected chi connectivity index (χ3v) is 4.95. The maximum atomic E-state index is 13.4. The predicted molar refractivity (Wildman–Crippen MR) is 125 cm³/mol. The molecule has 0 fully saturated rings. The second-order valence-corrected chi connectivity index (χ2v) is 7.58. The van der Waals surface area contributed by atoms with Gasteiger partial charge in [-0.05, 0) is 54.6 Å². The van der Waals surface area contributed by atoms with E-state index in [0.717, 1.165) is 6.07 Å². The molecule has 0 aliphatic heterocycles. The molecule has 3 aromatic carbocycles. The fourth-order valence-corrected chi connectivity index (χ4v) is 3.34. The predicted octanol–water partition coefficient (Wildman–Crippen LogP) is 4.76. The van der Waals surface area contributed by atoms with Crippen LogP contribution in [0.15, 0.2) is 60.7 Å². The molecular formula is C23H18Cl2FN3O4. The molecule has 0 radical (unpaired) electrons. The summed E-state index contributed by atoms with van der Waals surface area (Å²) in [5, 5.41) is 8.25. The zero-order valence-electron chi connectivity index (χ0n) is 17.2. The van der Waals surface area contributed by atoms with Crippen LogP contribution in [0.25, 0.3) is 0 Å². The summed E-state index contributed by atoms with van der Waals surface area (Å²) in [6.45, 7) is -0.325. The third-order valence-electron chi connectivity index (χ3n) is 4.40. The van der Waals surface area contributed by atoms with Crippen LogP contribution < -0.4 is 20.7 Å². The van der Waals surface area contributed by atoms with Crippen molar-refractivity contribution in [1.29, 1.82) is 0 Å². The lowest BCUT2D eigenvalue weighted by Gasteiger charge is -2.13. The summed E-state index contributed by atoms with van der Waals surface area (Å²) in [7, 11) is 1.42. The van der Waals surface area contributed by atoms with E-state index in [1.54, 1.807) is 12.1 Å². The fraction of sp³-hybridized carbons (Fsp3) is 0.0870. The molecule has 10 heteroatoms. The van der Waals surface area contributed by atoms with Crippen LogP contribution in [0.2, 0.25) is 10.0 Å². The number of benzene rings is 3. The summed E-state index contributed by atoms with van der Waals surface area (Å²) < 4.78 is 18.6. The number of anilines is 2. The van der Waals surface area contributed by atoms with Gasteiger partial charge in [-0.1, -0.05) is 29.3 Å². The smallest absolute Gasteiger partial charge is 0.255 e. The molecule has 3 amide bonds. The van der Waals surface area contributed by atoms with Crippen molar-refractivity contribution in [2.45, 2.75) is 0 Å². The second kappa shape index (κ2) is 10.8. The number of hydrogen-bond acceptors (Lipinski definition) is 4. The van der Waals surface area contributed by atoms with E-state index in [-0.39, 0.29) is 28.4 Å². The Kier molecular flexibility index (Phi) is 7.87. The first kappa shape index (κ1) is 24.0. The molecule has 0 atom stereocenters. The highest BCUT2D eigenvalue weighted by atomic mass is 35.5. The molecular weight excluding hydrogens is 472 g/mol. The Labute approximate surface area is 198 Å². The molecule has 0 aromatic heterocycles. The molecule has 0 aliphatic carbocycles. The Balaban J connectivity index is 1.65. The molecule has 3 rings (SSSR count). The highest BCUT2D eigenvalue weighted by molar-refractivity contribution is 6.36. The highest BCUT2D eigenvalue weighted by Crippen LogP contribution is 2.28. The largest absolute Gasteiger partial charge is 0.495 e. The van der Waals surface area contributed by atoms with Crippen LogP contribution in [0.4, 0.5) is 15.8 Å². The topological polar surface area (TPSA) is 96.5 Å². The van der Waals surface area contributed by atoms with E-state index in [9.17, 15) is 18.8 Å². The summed E-state index contributed by atoms with van der Waals surface area (Å²) in [5.41, 5.74) is 0.909. The van der Waals surface area contributed by atoms with Gasteiger partial charge in [0, 0.05) is 16.3 Å². The molecule has 0 saturated carbocycles. The Morgan fingerprint density at radius 3 is 2.42 bits per heavy atom. The maximum Gasteiger partial charge on any atom is 0.255 e. The third kappa shape index (κ3) is 6.44. The van der Waals surface area contributed by atoms with Crippen molar-refractivity contribution in [3.8, 4) is 5.75 Å². The Bertz CT molecular complexity index is 1220. The van der Waals surface area contributed by atoms with Crippen LogP contribution in [-0.4, -0.2) is 31.4 Å². The van der Waals surface area contributed by atoms with Gasteiger partial charge < -0.3 is 20.7 Å². The van der Waals surface area contributed by atoms with E-state index >= 15 is 0 Å². The lowest BCUT2D eigenvalue weighted by molar-refractivity contribution is -0.115. The van der Waals surface area contributed by atoms with Gasteiger partial charge in [0.15, 0.2) is 0 Å². The number of halogens is 3. The van der Waals surface area contributed by atoms with Gasteiger partial charge in [-0.3, -0.25) is 14.4 Å². The maximum absolute atomic E-state index is 13.4. The van der Waals surface area contributed by atoms with Crippen LogP contribution in [0.3, 0.4) is 0 Å². The number of carbonyl (C=O) groups is 3. The number of methoxy groups -OCH3 is 1. The van der Waals surface area contributed by atoms with Gasteiger partial charge in [0.05, 0.1) is 29.9 Å². The molecule has 3 N–H and O–H groups in total. The van der Waals surface area contributed by atoms with E-state index in [0.29, 0.717) is 16.5 Å². The van der Waals surface area contributed by atoms with Gasteiger partial charge >= 0.3 is 0 Å². The minimum Gasteiger partial charge on any atom is -0.495 e. The standard InChI is InChI=1S/C23H18Cl2FN3O4/c1-33-20-8-6-16(11-19(20)29-22(31)13-3-2-4-15(26)9-13)28-21(30)12-27-23(32)17-7-5-14(24)10-18(17)25/h2-11H,12H2,1H3,(H,27,32)(H,28,30)(H,29,31). The van der Waals surface area contributed by atoms with Crippen molar-refractivity contribution in [3.63, 3.8) is 0 Å². The number of carbonyl (C=O) groups excluding carboxylic acids is 3. The van der Waals surface area contributed by atoms with Crippen molar-refractivity contribution in [1.82, 2.24) is 5.32 Å². The average molecular weight is 490 g/mol. The minimum absolute atomic E-state index is 0.120. The zero-order valence-corrected chi connectivity index (χ0v) is 18.8. The number of hydrogen-bond donors (Lipinski definition) is 3. The number of amides is 3. The van der Waals surface area contributed by atoms with Crippen LogP contribution in [0.1, 0.15) is 20.7 Å². The molecule has 0 heterocycles. The van der Waals surface area contributed by atoms with Crippen LogP contribution in [-0.2, 0) is 4.79 Å². The second-order valence-electron chi connectivity index (χ2n) is 6.73. The minimum atomic E-state index is -0.552. The van der Waals surface area contributed by atoms with Gasteiger partial charge in [0.25, 0.3) is 11.8 Å². The van der Waals surface area contributed by atoms with Crippen molar-refractivity contribution < 1.29 is 23.5 Å². The van der Waals surface area contributed by atoms with Crippen molar-refractivity contribution in [2.75, 3.05) is 24.3 Å². The zero-order chi connectivity index (χ0) is 24.0. The average Bonchev–Trinajstić information content (AvgIpc) is 2.77. The summed E-state index contributed by atoms with van der Waals surface area (Å²) in [6, 6.07) is 14.2. The van der Waals surface area contributed by atoms with Crippen LogP contribution >= 0.6 is 23.2 Å². The van der Waals surface area contributed by atoms with E-state index < -0.39 is 23.5 Å². The SMILES string of the molecule is COc1ccc(NC(=O)CNC(=O)c2ccc(Cl)cc2Cl)cc1NC(=O)c1cccc(F)c1. The first-order valence-electron chi connectivity index (χ1n) is 9.55. The fourth-order valence-electron chi connectivity index (χ4n) is 2.84. The lowest BCUT2D eigenvalue weighted by atomic mass is 10.2. The monoisotopic (exact) mass is 489 g/mol. The molecule has 0 spiro atoms. The molecule has 0 aliphatic rings. The van der Waals surface area contributed by atoms with Crippen molar-refractivity contribution >= 4 is 52.3 Å². The van der Waals surface area contributed by atoms with Crippen LogP contribution in [0.5, 0.6) is 5.75 Å². The number of ether oxygens (including phenoxy) is 1. The summed E-state index contributed by atoms with van der Waals surface area (Å²) in [4.78, 5) is 37.0. The molecule has 0 saturated heterocycles. The Morgan fingerprint density at radius 2 is 1.73 bits per heavy atom. The first-order valence-corrected chi connectivity index (χ1v) is 10.3. The lowest BCUT2D eigenvalue weighted by Crippen LogP contribution is -2.33. The van der Waals surface area contributed by atoms with Gasteiger partial charge in [-0.25, -0.2) is 4.39 Å². The molecule has 0 unspecified atom stereocenters. The molecule has 7 nitrogen and oxygen atoms in total. The van der Waals surface area contributed by atoms with Gasteiger partial charge in [0.2, 0.25) is 5.91 Å². The van der Waals surface area contributed by atoms with Crippen LogP contribution in [0, 0.1) is 5.82 Å². The summed E-state index contributed by atoms with van der Waals surface area (Å²) in [6.07, 6.45) is 0. The highest BCUT2D eigenvalue weighted by Gasteiger charge is 2.14. The van der Waals surface area contributed by atoms with E-state index in [2.05, 4.69) is 16.0 Å². The van der Waals surface area contributed by atoms with Gasteiger partial charge in [0.1, 0.15) is 11.6 Å². The number of rotatable bonds is 7. The molecule has 170 valence electrons. The van der Waals surface area contributed by atoms with Crippen molar-refractivity contribution in [2.24, 2.45) is 0 Å². The summed E-state index contributed by atoms with van der Waals surface area (Å²) >= 11 is 11.8. The first-order chi connectivity index (χ1) is 15.8. The van der Waals surface area contributed by atoms with Gasteiger partial charge in [-0.15, -0.1) is 0 Å². The number of nitrogens with one attached hydrogen (secondary N) is 3. The quantitative estimate of drug-likeness (QED) is 0.445. The molecule has 33 heavy (non-hydrogen) atoms. The van der Waals surface area contributed by atoms with Crippen molar-refractivity contribution in [3.05, 3.63) is 87.7 Å². The Hall–Kier alpha value is -3.62. The molecule has 0 bridgehead atoms. The van der Waals surface area contributed by atoms with E-state index in [1.165, 1.54) is 49.6 Å². The van der Waals surface area contributed by atoms with E-state index in [1.807, 2.05) is 0 Å². The Morgan fingerprint density at radius 1 is 0.939 bits per heavy atom.